The second-order valence-corrected chi connectivity index (χ2v) is 9.51. The SMILES string of the molecule is Cc1ccc2nc(C3CCC(N4CCN(c5ccc(C(=O)NCCF)nc5)CC4)C3)[nH]c(=O)c2c1. The van der Waals surface area contributed by atoms with Crippen LogP contribution in [0.2, 0.25) is 0 Å². The van der Waals surface area contributed by atoms with Crippen molar-refractivity contribution in [2.75, 3.05) is 44.3 Å². The van der Waals surface area contributed by atoms with Crippen molar-refractivity contribution in [1.82, 2.24) is 25.2 Å². The van der Waals surface area contributed by atoms with E-state index in [1.165, 1.54) is 0 Å². The quantitative estimate of drug-likeness (QED) is 0.566. The van der Waals surface area contributed by atoms with E-state index >= 15 is 0 Å². The lowest BCUT2D eigenvalue weighted by atomic mass is 10.1. The van der Waals surface area contributed by atoms with Crippen molar-refractivity contribution in [3.8, 4) is 0 Å². The van der Waals surface area contributed by atoms with Crippen LogP contribution in [0.3, 0.4) is 0 Å². The number of aromatic amines is 1. The van der Waals surface area contributed by atoms with Gasteiger partial charge in [0.1, 0.15) is 18.2 Å². The largest absolute Gasteiger partial charge is 0.368 e. The molecule has 2 aliphatic rings. The molecule has 0 spiro atoms. The van der Waals surface area contributed by atoms with Gasteiger partial charge in [-0.3, -0.25) is 14.5 Å². The van der Waals surface area contributed by atoms with E-state index in [0.717, 1.165) is 68.0 Å². The van der Waals surface area contributed by atoms with E-state index in [1.807, 2.05) is 31.2 Å². The number of piperazine rings is 1. The number of amides is 1. The highest BCUT2D eigenvalue weighted by Crippen LogP contribution is 2.36. The molecule has 2 atom stereocenters. The maximum atomic E-state index is 12.6. The Morgan fingerprint density at radius 3 is 2.74 bits per heavy atom. The molecule has 35 heavy (non-hydrogen) atoms. The number of benzene rings is 1. The number of carbonyl (C=O) groups excluding carboxylic acids is 1. The lowest BCUT2D eigenvalue weighted by Gasteiger charge is -2.39. The highest BCUT2D eigenvalue weighted by Gasteiger charge is 2.33. The zero-order valence-electron chi connectivity index (χ0n) is 20.0. The van der Waals surface area contributed by atoms with E-state index in [0.29, 0.717) is 17.1 Å². The van der Waals surface area contributed by atoms with Gasteiger partial charge in [-0.15, -0.1) is 0 Å². The Morgan fingerprint density at radius 2 is 2.00 bits per heavy atom. The van der Waals surface area contributed by atoms with Crippen molar-refractivity contribution in [2.24, 2.45) is 0 Å². The monoisotopic (exact) mass is 478 g/mol. The third-order valence-electron chi connectivity index (χ3n) is 7.23. The minimum absolute atomic E-state index is 0.00104. The first-order valence-corrected chi connectivity index (χ1v) is 12.3. The Balaban J connectivity index is 1.17. The highest BCUT2D eigenvalue weighted by molar-refractivity contribution is 5.92. The smallest absolute Gasteiger partial charge is 0.269 e. The first-order valence-electron chi connectivity index (χ1n) is 12.3. The Labute approximate surface area is 203 Å². The summed E-state index contributed by atoms with van der Waals surface area (Å²) in [5, 5.41) is 3.15. The summed E-state index contributed by atoms with van der Waals surface area (Å²) in [6, 6.07) is 9.91. The van der Waals surface area contributed by atoms with Gasteiger partial charge in [0.15, 0.2) is 0 Å². The number of hydrogen-bond acceptors (Lipinski definition) is 6. The van der Waals surface area contributed by atoms with Crippen LogP contribution in [0.25, 0.3) is 10.9 Å². The predicted molar refractivity (Wildman–Crippen MR) is 134 cm³/mol. The third kappa shape index (κ3) is 5.05. The van der Waals surface area contributed by atoms with E-state index in [1.54, 1.807) is 12.3 Å². The van der Waals surface area contributed by atoms with E-state index < -0.39 is 6.67 Å². The van der Waals surface area contributed by atoms with E-state index in [9.17, 15) is 14.0 Å². The van der Waals surface area contributed by atoms with Gasteiger partial charge in [-0.1, -0.05) is 11.6 Å². The number of H-pyrrole nitrogens is 1. The van der Waals surface area contributed by atoms with Gasteiger partial charge in [-0.05, 0) is 50.5 Å². The number of carbonyl (C=O) groups is 1. The summed E-state index contributed by atoms with van der Waals surface area (Å²) in [7, 11) is 0. The molecule has 1 saturated heterocycles. The van der Waals surface area contributed by atoms with Crippen LogP contribution in [0.5, 0.6) is 0 Å². The molecule has 1 aliphatic carbocycles. The van der Waals surface area contributed by atoms with Crippen molar-refractivity contribution in [2.45, 2.75) is 38.1 Å². The fourth-order valence-corrected chi connectivity index (χ4v) is 5.31. The number of pyridine rings is 1. The van der Waals surface area contributed by atoms with Gasteiger partial charge in [0.25, 0.3) is 11.5 Å². The van der Waals surface area contributed by atoms with Crippen molar-refractivity contribution < 1.29 is 9.18 Å². The molecule has 184 valence electrons. The maximum absolute atomic E-state index is 12.6. The fraction of sp³-hybridized carbons (Fsp3) is 0.462. The second-order valence-electron chi connectivity index (χ2n) is 9.51. The Bertz CT molecular complexity index is 1250. The minimum Gasteiger partial charge on any atom is -0.368 e. The van der Waals surface area contributed by atoms with E-state index in [4.69, 9.17) is 4.98 Å². The van der Waals surface area contributed by atoms with Crippen LogP contribution >= 0.6 is 0 Å². The molecule has 2 aromatic heterocycles. The van der Waals surface area contributed by atoms with Crippen molar-refractivity contribution in [3.05, 3.63) is 64.0 Å². The molecule has 1 aliphatic heterocycles. The molecular formula is C26H31FN6O2. The number of halogens is 1. The summed E-state index contributed by atoms with van der Waals surface area (Å²) in [5.74, 6) is 0.734. The molecular weight excluding hydrogens is 447 g/mol. The first-order chi connectivity index (χ1) is 17.0. The molecule has 1 amide bonds. The molecule has 9 heteroatoms. The van der Waals surface area contributed by atoms with Gasteiger partial charge >= 0.3 is 0 Å². The van der Waals surface area contributed by atoms with Crippen LogP contribution < -0.4 is 15.8 Å². The lowest BCUT2D eigenvalue weighted by Crippen LogP contribution is -2.49. The summed E-state index contributed by atoms with van der Waals surface area (Å²) >= 11 is 0. The summed E-state index contributed by atoms with van der Waals surface area (Å²) < 4.78 is 12.2. The number of hydrogen-bond donors (Lipinski definition) is 2. The van der Waals surface area contributed by atoms with E-state index in [2.05, 4.69) is 25.1 Å². The standard InChI is InChI=1S/C26H31FN6O2/c1-17-2-6-22-21(14-17)25(34)31-24(30-22)18-3-4-19(15-18)32-10-12-33(13-11-32)20-5-7-23(29-16-20)26(35)28-9-8-27/h2,5-7,14,16,18-19H,3-4,8-13,15H2,1H3,(H,28,35)(H,30,31,34). The fourth-order valence-electron chi connectivity index (χ4n) is 5.31. The molecule has 8 nitrogen and oxygen atoms in total. The van der Waals surface area contributed by atoms with Crippen molar-refractivity contribution in [3.63, 3.8) is 0 Å². The van der Waals surface area contributed by atoms with Crippen LogP contribution in [0.1, 0.15) is 47.1 Å². The molecule has 1 aromatic carbocycles. The van der Waals surface area contributed by atoms with Crippen LogP contribution in [0, 0.1) is 6.92 Å². The van der Waals surface area contributed by atoms with Crippen LogP contribution in [0.15, 0.2) is 41.3 Å². The van der Waals surface area contributed by atoms with Crippen LogP contribution in [-0.2, 0) is 0 Å². The normalized spacial score (nSPS) is 20.9. The molecule has 2 unspecified atom stereocenters. The molecule has 5 rings (SSSR count). The highest BCUT2D eigenvalue weighted by atomic mass is 19.1. The molecule has 0 radical (unpaired) electrons. The maximum Gasteiger partial charge on any atom is 0.269 e. The number of aryl methyl sites for hydroxylation is 1. The number of nitrogens with one attached hydrogen (secondary N) is 2. The predicted octanol–water partition coefficient (Wildman–Crippen LogP) is 2.78. The number of anilines is 1. The van der Waals surface area contributed by atoms with Gasteiger partial charge in [0.05, 0.1) is 22.8 Å². The lowest BCUT2D eigenvalue weighted by molar-refractivity contribution is 0.0946. The number of aromatic nitrogens is 3. The van der Waals surface area contributed by atoms with Gasteiger partial charge in [0, 0.05) is 44.7 Å². The number of rotatable bonds is 6. The van der Waals surface area contributed by atoms with Crippen molar-refractivity contribution >= 4 is 22.5 Å². The van der Waals surface area contributed by atoms with Gasteiger partial charge in [-0.2, -0.15) is 0 Å². The number of alkyl halides is 1. The van der Waals surface area contributed by atoms with Gasteiger partial charge in [0.2, 0.25) is 0 Å². The summed E-state index contributed by atoms with van der Waals surface area (Å²) in [4.78, 5) is 41.5. The molecule has 1 saturated carbocycles. The summed E-state index contributed by atoms with van der Waals surface area (Å²) in [6.45, 7) is 5.08. The average Bonchev–Trinajstić information content (AvgIpc) is 3.38. The summed E-state index contributed by atoms with van der Waals surface area (Å²) in [6.07, 6.45) is 4.85. The van der Waals surface area contributed by atoms with Gasteiger partial charge in [-0.25, -0.2) is 14.4 Å². The third-order valence-corrected chi connectivity index (χ3v) is 7.23. The molecule has 0 bridgehead atoms. The first kappa shape index (κ1) is 23.4. The van der Waals surface area contributed by atoms with E-state index in [-0.39, 0.29) is 23.9 Å². The Kier molecular flexibility index (Phi) is 6.77. The molecule has 2 N–H and O–H groups in total. The van der Waals surface area contributed by atoms with Crippen LogP contribution in [0.4, 0.5) is 10.1 Å². The zero-order valence-corrected chi connectivity index (χ0v) is 20.0. The number of nitrogens with zero attached hydrogens (tertiary/aromatic N) is 4. The summed E-state index contributed by atoms with van der Waals surface area (Å²) in [5.41, 5.74) is 3.07. The van der Waals surface area contributed by atoms with Crippen LogP contribution in [-0.4, -0.2) is 71.2 Å². The van der Waals surface area contributed by atoms with Gasteiger partial charge < -0.3 is 15.2 Å². The molecule has 3 aromatic rings. The Hall–Kier alpha value is -3.33. The minimum atomic E-state index is -0.591. The molecule has 2 fully saturated rings. The second kappa shape index (κ2) is 10.1. The zero-order chi connectivity index (χ0) is 24.4. The Morgan fingerprint density at radius 1 is 1.17 bits per heavy atom. The average molecular weight is 479 g/mol. The number of fused-ring (bicyclic) bond motifs is 1. The molecule has 3 heterocycles. The topological polar surface area (TPSA) is 94.2 Å². The van der Waals surface area contributed by atoms with Crippen molar-refractivity contribution in [1.29, 1.82) is 0 Å².